The Bertz CT molecular complexity index is 2740. The van der Waals surface area contributed by atoms with Gasteiger partial charge in [-0.1, -0.05) is 109 Å². The van der Waals surface area contributed by atoms with Gasteiger partial charge in [-0.25, -0.2) is 4.98 Å². The number of aromatic nitrogens is 4. The molecule has 0 saturated carbocycles. The van der Waals surface area contributed by atoms with Gasteiger partial charge in [-0.05, 0) is 105 Å². The van der Waals surface area contributed by atoms with E-state index < -0.39 is 0 Å². The van der Waals surface area contributed by atoms with Gasteiger partial charge in [0, 0.05) is 23.2 Å². The van der Waals surface area contributed by atoms with Crippen molar-refractivity contribution in [3.05, 3.63) is 176 Å². The van der Waals surface area contributed by atoms with Crippen LogP contribution in [-0.4, -0.2) is 19.4 Å². The molecular weight excluding hydrogens is 609 g/mol. The summed E-state index contributed by atoms with van der Waals surface area (Å²) in [5.74, 6) is 0. The quantitative estimate of drug-likeness (QED) is 0.134. The Morgan fingerprint density at radius 2 is 1.16 bits per heavy atom. The van der Waals surface area contributed by atoms with E-state index in [1.165, 1.54) is 38.6 Å². The van der Waals surface area contributed by atoms with E-state index in [4.69, 9.17) is 15.0 Å². The van der Waals surface area contributed by atoms with Gasteiger partial charge in [-0.2, -0.15) is 0 Å². The van der Waals surface area contributed by atoms with E-state index in [0.717, 1.165) is 50.1 Å². The van der Waals surface area contributed by atoms with E-state index in [9.17, 15) is 0 Å². The molecule has 9 rings (SSSR count). The number of pyridine rings is 3. The van der Waals surface area contributed by atoms with Crippen molar-refractivity contribution in [3.8, 4) is 45.0 Å². The standard InChI is InChI=1S/C46H32N4/c1-2-3-4-11-31-16-18-32(19-17-31)33-20-21-35-29-36(23-22-34(35)28-33)37-24-25-39-40(30-37)38-12-5-6-15-43(38)50-45(42-14-8-10-27-48-42)44(49-46(39)50)41-13-7-9-26-47-41/h2-30H,1H3/b3-2-,11-4-. The van der Waals surface area contributed by atoms with Gasteiger partial charge in [0.1, 0.15) is 17.0 Å². The number of hydrogen-bond donors (Lipinski definition) is 0. The molecule has 4 aromatic heterocycles. The minimum Gasteiger partial charge on any atom is -0.290 e. The van der Waals surface area contributed by atoms with Crippen molar-refractivity contribution in [2.45, 2.75) is 6.92 Å². The molecule has 0 aliphatic rings. The maximum Gasteiger partial charge on any atom is 0.146 e. The minimum absolute atomic E-state index is 0.817. The maximum atomic E-state index is 5.29. The van der Waals surface area contributed by atoms with Gasteiger partial charge in [0.2, 0.25) is 0 Å². The molecule has 0 N–H and O–H groups in total. The number of hydrogen-bond acceptors (Lipinski definition) is 3. The molecule has 0 spiro atoms. The fourth-order valence-corrected chi connectivity index (χ4v) is 6.96. The van der Waals surface area contributed by atoms with Gasteiger partial charge in [-0.15, -0.1) is 0 Å². The van der Waals surface area contributed by atoms with Gasteiger partial charge in [-0.3, -0.25) is 14.4 Å². The average Bonchev–Trinajstić information content (AvgIpc) is 3.60. The first-order valence-corrected chi connectivity index (χ1v) is 16.9. The molecule has 4 heteroatoms. The van der Waals surface area contributed by atoms with E-state index in [2.05, 4.69) is 120 Å². The van der Waals surface area contributed by atoms with Crippen LogP contribution in [0.15, 0.2) is 170 Å². The van der Waals surface area contributed by atoms with Crippen LogP contribution < -0.4 is 0 Å². The predicted molar refractivity (Wildman–Crippen MR) is 209 cm³/mol. The lowest BCUT2D eigenvalue weighted by molar-refractivity contribution is 1.22. The molecule has 5 aromatic carbocycles. The first kappa shape index (κ1) is 29.5. The SMILES string of the molecule is C/C=C\C=C/c1ccc(-c2ccc3cc(-c4ccc5c(c4)c4ccccc4n4c(-c6ccccn6)c(-c6ccccn6)nc54)ccc3c2)cc1. The molecule has 0 saturated heterocycles. The highest BCUT2D eigenvalue weighted by Crippen LogP contribution is 2.39. The fraction of sp³-hybridized carbons (Fsp3) is 0.0217. The molecule has 4 heterocycles. The van der Waals surface area contributed by atoms with Crippen LogP contribution in [0.1, 0.15) is 12.5 Å². The van der Waals surface area contributed by atoms with Crippen molar-refractivity contribution >= 4 is 44.2 Å². The Morgan fingerprint density at radius 3 is 1.88 bits per heavy atom. The normalized spacial score (nSPS) is 11.9. The molecular formula is C46H32N4. The summed E-state index contributed by atoms with van der Waals surface area (Å²) >= 11 is 0. The van der Waals surface area contributed by atoms with Gasteiger partial charge < -0.3 is 0 Å². The number of para-hydroxylation sites is 1. The fourth-order valence-electron chi connectivity index (χ4n) is 6.96. The smallest absolute Gasteiger partial charge is 0.146 e. The van der Waals surface area contributed by atoms with Crippen molar-refractivity contribution in [1.82, 2.24) is 19.4 Å². The zero-order valence-electron chi connectivity index (χ0n) is 27.5. The largest absolute Gasteiger partial charge is 0.290 e. The zero-order valence-corrected chi connectivity index (χ0v) is 27.5. The lowest BCUT2D eigenvalue weighted by atomic mass is 9.95. The third kappa shape index (κ3) is 5.15. The van der Waals surface area contributed by atoms with Crippen LogP contribution in [0, 0.1) is 0 Å². The summed E-state index contributed by atoms with van der Waals surface area (Å²) in [5, 5.41) is 5.84. The topological polar surface area (TPSA) is 43.1 Å². The molecule has 4 nitrogen and oxygen atoms in total. The lowest BCUT2D eigenvalue weighted by Gasteiger charge is -2.13. The van der Waals surface area contributed by atoms with E-state index in [0.29, 0.717) is 0 Å². The number of benzene rings is 5. The van der Waals surface area contributed by atoms with Crippen molar-refractivity contribution in [1.29, 1.82) is 0 Å². The van der Waals surface area contributed by atoms with Crippen LogP contribution in [0.25, 0.3) is 89.2 Å². The van der Waals surface area contributed by atoms with Gasteiger partial charge in [0.15, 0.2) is 0 Å². The molecule has 0 radical (unpaired) electrons. The predicted octanol–water partition coefficient (Wildman–Crippen LogP) is 11.8. The number of imidazole rings is 1. The molecule has 50 heavy (non-hydrogen) atoms. The lowest BCUT2D eigenvalue weighted by Crippen LogP contribution is -1.96. The molecule has 9 aromatic rings. The third-order valence-electron chi connectivity index (χ3n) is 9.40. The molecule has 0 aliphatic carbocycles. The first-order valence-electron chi connectivity index (χ1n) is 16.9. The van der Waals surface area contributed by atoms with Crippen molar-refractivity contribution < 1.29 is 0 Å². The second kappa shape index (κ2) is 12.4. The Morgan fingerprint density at radius 1 is 0.520 bits per heavy atom. The Kier molecular flexibility index (Phi) is 7.33. The highest BCUT2D eigenvalue weighted by molar-refractivity contribution is 6.14. The Balaban J connectivity index is 1.16. The third-order valence-corrected chi connectivity index (χ3v) is 9.40. The molecule has 0 fully saturated rings. The van der Waals surface area contributed by atoms with E-state index in [-0.39, 0.29) is 0 Å². The van der Waals surface area contributed by atoms with Crippen LogP contribution in [0.3, 0.4) is 0 Å². The summed E-state index contributed by atoms with van der Waals surface area (Å²) in [6, 6.07) is 49.5. The molecule has 0 unspecified atom stereocenters. The van der Waals surface area contributed by atoms with Crippen molar-refractivity contribution in [2.24, 2.45) is 0 Å². The maximum absolute atomic E-state index is 5.29. The second-order valence-electron chi connectivity index (χ2n) is 12.5. The first-order chi connectivity index (χ1) is 24.7. The Labute approximate surface area is 290 Å². The van der Waals surface area contributed by atoms with Crippen LogP contribution in [-0.2, 0) is 0 Å². The highest BCUT2D eigenvalue weighted by Gasteiger charge is 2.22. The minimum atomic E-state index is 0.817. The summed E-state index contributed by atoms with van der Waals surface area (Å²) in [5.41, 5.74) is 11.4. The zero-order chi connectivity index (χ0) is 33.4. The molecule has 0 atom stereocenters. The van der Waals surface area contributed by atoms with E-state index in [1.807, 2.05) is 67.9 Å². The monoisotopic (exact) mass is 640 g/mol. The summed E-state index contributed by atoms with van der Waals surface area (Å²) in [4.78, 5) is 14.8. The van der Waals surface area contributed by atoms with Crippen LogP contribution >= 0.6 is 0 Å². The van der Waals surface area contributed by atoms with Crippen molar-refractivity contribution in [2.75, 3.05) is 0 Å². The van der Waals surface area contributed by atoms with E-state index in [1.54, 1.807) is 0 Å². The van der Waals surface area contributed by atoms with E-state index >= 15 is 0 Å². The Hall–Kier alpha value is -6.65. The second-order valence-corrected chi connectivity index (χ2v) is 12.5. The number of nitrogens with zero attached hydrogens (tertiary/aromatic N) is 4. The highest BCUT2D eigenvalue weighted by atomic mass is 15.1. The van der Waals surface area contributed by atoms with Crippen LogP contribution in [0.5, 0.6) is 0 Å². The molecule has 0 amide bonds. The van der Waals surface area contributed by atoms with Crippen LogP contribution in [0.4, 0.5) is 0 Å². The summed E-state index contributed by atoms with van der Waals surface area (Å²) in [6.45, 7) is 2.03. The molecule has 0 bridgehead atoms. The summed E-state index contributed by atoms with van der Waals surface area (Å²) in [6.07, 6.45) is 11.9. The number of fused-ring (bicyclic) bond motifs is 7. The van der Waals surface area contributed by atoms with Gasteiger partial charge in [0.05, 0.1) is 16.9 Å². The van der Waals surface area contributed by atoms with Crippen molar-refractivity contribution in [3.63, 3.8) is 0 Å². The molecule has 0 aliphatic heterocycles. The average molecular weight is 641 g/mol. The number of allylic oxidation sites excluding steroid dienone is 3. The number of rotatable bonds is 6. The van der Waals surface area contributed by atoms with Gasteiger partial charge >= 0.3 is 0 Å². The van der Waals surface area contributed by atoms with Crippen LogP contribution in [0.2, 0.25) is 0 Å². The van der Waals surface area contributed by atoms with Gasteiger partial charge in [0.25, 0.3) is 0 Å². The molecule has 236 valence electrons. The summed E-state index contributed by atoms with van der Waals surface area (Å²) < 4.78 is 2.26. The summed E-state index contributed by atoms with van der Waals surface area (Å²) in [7, 11) is 0.